The number of pyridine rings is 1. The van der Waals surface area contributed by atoms with Gasteiger partial charge in [-0.15, -0.1) is 11.3 Å². The van der Waals surface area contributed by atoms with Crippen LogP contribution in [0.15, 0.2) is 40.4 Å². The Kier molecular flexibility index (Phi) is 3.16. The molecule has 72 valence electrons. The molecule has 0 saturated carbocycles. The number of nitrogens with one attached hydrogen (secondary N) is 1. The average Bonchev–Trinajstić information content (AvgIpc) is 2.63. The van der Waals surface area contributed by atoms with Gasteiger partial charge in [-0.1, -0.05) is 0 Å². The van der Waals surface area contributed by atoms with Gasteiger partial charge in [-0.3, -0.25) is 4.98 Å². The predicted octanol–water partition coefficient (Wildman–Crippen LogP) is 3.52. The minimum atomic E-state index is 0.849. The first kappa shape index (κ1) is 9.68. The van der Waals surface area contributed by atoms with E-state index in [4.69, 9.17) is 0 Å². The van der Waals surface area contributed by atoms with E-state index in [1.807, 2.05) is 18.3 Å². The van der Waals surface area contributed by atoms with E-state index in [0.717, 1.165) is 16.7 Å². The van der Waals surface area contributed by atoms with Crippen molar-refractivity contribution in [2.75, 3.05) is 5.32 Å². The van der Waals surface area contributed by atoms with Crippen molar-refractivity contribution < 1.29 is 0 Å². The molecule has 2 aromatic rings. The van der Waals surface area contributed by atoms with Gasteiger partial charge < -0.3 is 5.32 Å². The molecular weight excluding hydrogens is 260 g/mol. The molecule has 0 saturated heterocycles. The zero-order chi connectivity index (χ0) is 9.80. The Balaban J connectivity index is 1.95. The summed E-state index contributed by atoms with van der Waals surface area (Å²) in [6, 6.07) is 6.05. The molecule has 2 nitrogen and oxygen atoms in total. The fourth-order valence-electron chi connectivity index (χ4n) is 1.10. The quantitative estimate of drug-likeness (QED) is 0.922. The molecule has 0 fully saturated rings. The maximum Gasteiger partial charge on any atom is 0.0529 e. The lowest BCUT2D eigenvalue weighted by atomic mass is 10.4. The summed E-state index contributed by atoms with van der Waals surface area (Å²) in [5.41, 5.74) is 1.05. The number of aromatic nitrogens is 1. The summed E-state index contributed by atoms with van der Waals surface area (Å²) in [7, 11) is 0. The first-order valence-electron chi connectivity index (χ1n) is 4.21. The summed E-state index contributed by atoms with van der Waals surface area (Å²) in [5, 5.41) is 5.38. The molecule has 0 atom stereocenters. The fraction of sp³-hybridized carbons (Fsp3) is 0.100. The van der Waals surface area contributed by atoms with E-state index < -0.39 is 0 Å². The molecule has 2 rings (SSSR count). The number of hydrogen-bond donors (Lipinski definition) is 1. The summed E-state index contributed by atoms with van der Waals surface area (Å²) in [4.78, 5) is 5.34. The smallest absolute Gasteiger partial charge is 0.0529 e. The summed E-state index contributed by atoms with van der Waals surface area (Å²) in [6.07, 6.45) is 3.59. The monoisotopic (exact) mass is 268 g/mol. The SMILES string of the molecule is Brc1csc(CNc2cccnc2)c1. The van der Waals surface area contributed by atoms with Crippen LogP contribution in [0.5, 0.6) is 0 Å². The van der Waals surface area contributed by atoms with Crippen LogP contribution in [0.2, 0.25) is 0 Å². The van der Waals surface area contributed by atoms with Crippen LogP contribution < -0.4 is 5.32 Å². The molecule has 0 aromatic carbocycles. The number of anilines is 1. The molecule has 0 radical (unpaired) electrons. The first-order chi connectivity index (χ1) is 6.84. The number of nitrogens with zero attached hydrogens (tertiary/aromatic N) is 1. The van der Waals surface area contributed by atoms with Crippen LogP contribution in [0.25, 0.3) is 0 Å². The van der Waals surface area contributed by atoms with E-state index in [9.17, 15) is 0 Å². The van der Waals surface area contributed by atoms with Crippen LogP contribution >= 0.6 is 27.3 Å². The topological polar surface area (TPSA) is 24.9 Å². The van der Waals surface area contributed by atoms with Crippen molar-refractivity contribution in [3.63, 3.8) is 0 Å². The minimum Gasteiger partial charge on any atom is -0.379 e. The average molecular weight is 269 g/mol. The maximum atomic E-state index is 4.03. The van der Waals surface area contributed by atoms with Gasteiger partial charge in [0.2, 0.25) is 0 Å². The Hall–Kier alpha value is -0.870. The predicted molar refractivity (Wildman–Crippen MR) is 63.6 cm³/mol. The highest BCUT2D eigenvalue weighted by Crippen LogP contribution is 2.20. The normalized spacial score (nSPS) is 10.1. The van der Waals surface area contributed by atoms with Crippen LogP contribution in [-0.2, 0) is 6.54 Å². The second-order valence-electron chi connectivity index (χ2n) is 2.83. The molecule has 0 amide bonds. The van der Waals surface area contributed by atoms with Crippen molar-refractivity contribution in [1.82, 2.24) is 4.98 Å². The Morgan fingerprint density at radius 2 is 2.43 bits per heavy atom. The van der Waals surface area contributed by atoms with E-state index in [1.54, 1.807) is 17.5 Å². The zero-order valence-electron chi connectivity index (χ0n) is 7.40. The summed E-state index contributed by atoms with van der Waals surface area (Å²) in [6.45, 7) is 0.849. The van der Waals surface area contributed by atoms with Gasteiger partial charge in [0.05, 0.1) is 5.69 Å². The second-order valence-corrected chi connectivity index (χ2v) is 4.74. The van der Waals surface area contributed by atoms with Gasteiger partial charge in [0.15, 0.2) is 0 Å². The maximum absolute atomic E-state index is 4.03. The van der Waals surface area contributed by atoms with E-state index in [2.05, 4.69) is 37.7 Å². The van der Waals surface area contributed by atoms with Gasteiger partial charge in [0.25, 0.3) is 0 Å². The summed E-state index contributed by atoms with van der Waals surface area (Å²) >= 11 is 5.17. The lowest BCUT2D eigenvalue weighted by Crippen LogP contribution is -1.96. The highest BCUT2D eigenvalue weighted by Gasteiger charge is 1.96. The van der Waals surface area contributed by atoms with E-state index in [-0.39, 0.29) is 0 Å². The van der Waals surface area contributed by atoms with Gasteiger partial charge in [0.1, 0.15) is 0 Å². The Bertz CT molecular complexity index is 400. The molecular formula is C10H9BrN2S. The van der Waals surface area contributed by atoms with Crippen LogP contribution in [0.4, 0.5) is 5.69 Å². The molecule has 0 bridgehead atoms. The number of thiophene rings is 1. The Morgan fingerprint density at radius 1 is 1.50 bits per heavy atom. The number of halogens is 1. The van der Waals surface area contributed by atoms with Crippen LogP contribution in [0.3, 0.4) is 0 Å². The third-order valence-electron chi connectivity index (χ3n) is 1.75. The van der Waals surface area contributed by atoms with Crippen molar-refractivity contribution in [3.8, 4) is 0 Å². The van der Waals surface area contributed by atoms with Gasteiger partial charge in [-0.05, 0) is 34.1 Å². The highest BCUT2D eigenvalue weighted by molar-refractivity contribution is 9.10. The van der Waals surface area contributed by atoms with Gasteiger partial charge in [0, 0.05) is 33.7 Å². The molecule has 0 aliphatic rings. The van der Waals surface area contributed by atoms with E-state index >= 15 is 0 Å². The standard InChI is InChI=1S/C10H9BrN2S/c11-8-4-10(14-7-8)6-13-9-2-1-3-12-5-9/h1-5,7,13H,6H2. The third kappa shape index (κ3) is 2.56. The molecule has 0 spiro atoms. The molecule has 0 aliphatic heterocycles. The lowest BCUT2D eigenvalue weighted by Gasteiger charge is -2.02. The highest BCUT2D eigenvalue weighted by atomic mass is 79.9. The number of hydrogen-bond acceptors (Lipinski definition) is 3. The van der Waals surface area contributed by atoms with Crippen LogP contribution in [0.1, 0.15) is 4.88 Å². The largest absolute Gasteiger partial charge is 0.379 e. The van der Waals surface area contributed by atoms with Crippen molar-refractivity contribution in [2.24, 2.45) is 0 Å². The fourth-order valence-corrected chi connectivity index (χ4v) is 2.49. The van der Waals surface area contributed by atoms with Crippen molar-refractivity contribution in [2.45, 2.75) is 6.54 Å². The van der Waals surface area contributed by atoms with E-state index in [0.29, 0.717) is 0 Å². The van der Waals surface area contributed by atoms with Gasteiger partial charge in [-0.2, -0.15) is 0 Å². The zero-order valence-corrected chi connectivity index (χ0v) is 9.81. The van der Waals surface area contributed by atoms with Crippen LogP contribution in [0, 0.1) is 0 Å². The summed E-state index contributed by atoms with van der Waals surface area (Å²) < 4.78 is 1.14. The third-order valence-corrected chi connectivity index (χ3v) is 3.45. The molecule has 2 heterocycles. The first-order valence-corrected chi connectivity index (χ1v) is 5.89. The van der Waals surface area contributed by atoms with Gasteiger partial charge in [-0.25, -0.2) is 0 Å². The Morgan fingerprint density at radius 3 is 3.07 bits per heavy atom. The second kappa shape index (κ2) is 4.57. The van der Waals surface area contributed by atoms with Crippen molar-refractivity contribution in [3.05, 3.63) is 45.3 Å². The Labute approximate surface area is 95.1 Å². The molecule has 2 aromatic heterocycles. The van der Waals surface area contributed by atoms with Crippen molar-refractivity contribution in [1.29, 1.82) is 0 Å². The molecule has 4 heteroatoms. The molecule has 0 unspecified atom stereocenters. The molecule has 14 heavy (non-hydrogen) atoms. The summed E-state index contributed by atoms with van der Waals surface area (Å²) in [5.74, 6) is 0. The molecule has 0 aliphatic carbocycles. The van der Waals surface area contributed by atoms with E-state index in [1.165, 1.54) is 4.88 Å². The number of rotatable bonds is 3. The lowest BCUT2D eigenvalue weighted by molar-refractivity contribution is 1.17. The van der Waals surface area contributed by atoms with Gasteiger partial charge >= 0.3 is 0 Å². The molecule has 1 N–H and O–H groups in total. The minimum absolute atomic E-state index is 0.849. The van der Waals surface area contributed by atoms with Crippen molar-refractivity contribution >= 4 is 33.0 Å². The van der Waals surface area contributed by atoms with Crippen LogP contribution in [-0.4, -0.2) is 4.98 Å².